The first kappa shape index (κ1) is 18.7. The largest absolute Gasteiger partial charge is 0.341 e. The van der Waals surface area contributed by atoms with E-state index in [-0.39, 0.29) is 17.8 Å². The van der Waals surface area contributed by atoms with Crippen molar-refractivity contribution in [3.8, 4) is 0 Å². The van der Waals surface area contributed by atoms with Crippen LogP contribution >= 0.6 is 12.4 Å². The van der Waals surface area contributed by atoms with Crippen molar-refractivity contribution >= 4 is 18.3 Å². The SMILES string of the molecule is CC(C)CC(C)(C)C(=O)N1CCC(N2CCNCC2)C1.Cl. The molecular weight excluding hydrogens is 286 g/mol. The zero-order valence-corrected chi connectivity index (χ0v) is 14.8. The maximum absolute atomic E-state index is 12.7. The van der Waals surface area contributed by atoms with E-state index in [9.17, 15) is 4.79 Å². The zero-order valence-electron chi connectivity index (χ0n) is 14.0. The lowest BCUT2D eigenvalue weighted by Crippen LogP contribution is -2.50. The minimum atomic E-state index is -0.216. The minimum Gasteiger partial charge on any atom is -0.341 e. The number of hydrogen-bond acceptors (Lipinski definition) is 3. The molecule has 0 bridgehead atoms. The molecule has 2 heterocycles. The molecule has 5 heteroatoms. The average Bonchev–Trinajstić information content (AvgIpc) is 2.86. The summed E-state index contributed by atoms with van der Waals surface area (Å²) >= 11 is 0. The second-order valence-corrected chi connectivity index (χ2v) is 7.46. The van der Waals surface area contributed by atoms with Crippen LogP contribution in [0.4, 0.5) is 0 Å². The van der Waals surface area contributed by atoms with E-state index >= 15 is 0 Å². The van der Waals surface area contributed by atoms with Crippen molar-refractivity contribution < 1.29 is 4.79 Å². The number of halogens is 1. The molecule has 1 N–H and O–H groups in total. The molecule has 2 rings (SSSR count). The molecular formula is C16H32ClN3O. The Balaban J connectivity index is 0.00000220. The molecule has 1 amide bonds. The van der Waals surface area contributed by atoms with Crippen molar-refractivity contribution in [3.63, 3.8) is 0 Å². The van der Waals surface area contributed by atoms with Crippen LogP contribution in [0.25, 0.3) is 0 Å². The number of carbonyl (C=O) groups is 1. The number of piperazine rings is 1. The Labute approximate surface area is 136 Å². The van der Waals surface area contributed by atoms with Gasteiger partial charge in [0, 0.05) is 50.7 Å². The van der Waals surface area contributed by atoms with E-state index in [1.807, 2.05) is 0 Å². The Bertz CT molecular complexity index is 340. The summed E-state index contributed by atoms with van der Waals surface area (Å²) in [5.41, 5.74) is -0.216. The van der Waals surface area contributed by atoms with Gasteiger partial charge in [-0.05, 0) is 18.8 Å². The summed E-state index contributed by atoms with van der Waals surface area (Å²) < 4.78 is 0. The number of nitrogens with one attached hydrogen (secondary N) is 1. The molecule has 0 aromatic rings. The van der Waals surface area contributed by atoms with E-state index in [1.165, 1.54) is 0 Å². The first-order chi connectivity index (χ1) is 9.40. The van der Waals surface area contributed by atoms with Gasteiger partial charge >= 0.3 is 0 Å². The number of hydrogen-bond donors (Lipinski definition) is 1. The number of amides is 1. The highest BCUT2D eigenvalue weighted by molar-refractivity contribution is 5.85. The van der Waals surface area contributed by atoms with Gasteiger partial charge in [0.15, 0.2) is 0 Å². The second-order valence-electron chi connectivity index (χ2n) is 7.46. The molecule has 0 saturated carbocycles. The summed E-state index contributed by atoms with van der Waals surface area (Å²) in [6, 6.07) is 0.580. The molecule has 21 heavy (non-hydrogen) atoms. The number of rotatable bonds is 4. The highest BCUT2D eigenvalue weighted by atomic mass is 35.5. The van der Waals surface area contributed by atoms with Gasteiger partial charge in [0.25, 0.3) is 0 Å². The van der Waals surface area contributed by atoms with Crippen LogP contribution in [0.5, 0.6) is 0 Å². The fourth-order valence-corrected chi connectivity index (χ4v) is 3.81. The van der Waals surface area contributed by atoms with Gasteiger partial charge in [-0.25, -0.2) is 0 Å². The van der Waals surface area contributed by atoms with Gasteiger partial charge in [-0.3, -0.25) is 9.69 Å². The Morgan fingerprint density at radius 3 is 2.43 bits per heavy atom. The van der Waals surface area contributed by atoms with Gasteiger partial charge in [-0.2, -0.15) is 0 Å². The van der Waals surface area contributed by atoms with Crippen LogP contribution in [0.15, 0.2) is 0 Å². The quantitative estimate of drug-likeness (QED) is 0.861. The molecule has 1 atom stereocenters. The summed E-state index contributed by atoms with van der Waals surface area (Å²) in [4.78, 5) is 17.4. The molecule has 2 saturated heterocycles. The van der Waals surface area contributed by atoms with Gasteiger partial charge in [0.05, 0.1) is 0 Å². The normalized spacial score (nSPS) is 24.2. The zero-order chi connectivity index (χ0) is 14.8. The van der Waals surface area contributed by atoms with Crippen molar-refractivity contribution in [3.05, 3.63) is 0 Å². The van der Waals surface area contributed by atoms with Gasteiger partial charge < -0.3 is 10.2 Å². The van der Waals surface area contributed by atoms with Crippen LogP contribution < -0.4 is 5.32 Å². The van der Waals surface area contributed by atoms with Gasteiger partial charge in [-0.15, -0.1) is 12.4 Å². The fourth-order valence-electron chi connectivity index (χ4n) is 3.81. The Kier molecular flexibility index (Phi) is 6.95. The molecule has 0 aliphatic carbocycles. The highest BCUT2D eigenvalue weighted by Gasteiger charge is 2.37. The first-order valence-corrected chi connectivity index (χ1v) is 8.14. The molecule has 2 aliphatic rings. The summed E-state index contributed by atoms with van der Waals surface area (Å²) in [6.45, 7) is 14.9. The number of likely N-dealkylation sites (tertiary alicyclic amines) is 1. The third-order valence-electron chi connectivity index (χ3n) is 4.62. The molecule has 2 fully saturated rings. The van der Waals surface area contributed by atoms with E-state index < -0.39 is 0 Å². The summed E-state index contributed by atoms with van der Waals surface area (Å²) in [5, 5.41) is 3.40. The van der Waals surface area contributed by atoms with E-state index in [2.05, 4.69) is 42.8 Å². The molecule has 0 aromatic heterocycles. The lowest BCUT2D eigenvalue weighted by Gasteiger charge is -2.34. The van der Waals surface area contributed by atoms with Gasteiger partial charge in [0.2, 0.25) is 5.91 Å². The van der Waals surface area contributed by atoms with Crippen molar-refractivity contribution in [1.29, 1.82) is 0 Å². The van der Waals surface area contributed by atoms with Crippen molar-refractivity contribution in [2.24, 2.45) is 11.3 Å². The predicted octanol–water partition coefficient (Wildman–Crippen LogP) is 1.99. The van der Waals surface area contributed by atoms with Crippen molar-refractivity contribution in [1.82, 2.24) is 15.1 Å². The molecule has 0 spiro atoms. The minimum absolute atomic E-state index is 0. The van der Waals surface area contributed by atoms with Gasteiger partial charge in [0.1, 0.15) is 0 Å². The fraction of sp³-hybridized carbons (Fsp3) is 0.938. The van der Waals surface area contributed by atoms with E-state index in [4.69, 9.17) is 0 Å². The lowest BCUT2D eigenvalue weighted by molar-refractivity contribution is -0.140. The van der Waals surface area contributed by atoms with Crippen LogP contribution in [-0.2, 0) is 4.79 Å². The Hall–Kier alpha value is -0.320. The highest BCUT2D eigenvalue weighted by Crippen LogP contribution is 2.30. The monoisotopic (exact) mass is 317 g/mol. The van der Waals surface area contributed by atoms with E-state index in [0.717, 1.165) is 52.1 Å². The molecule has 4 nitrogen and oxygen atoms in total. The smallest absolute Gasteiger partial charge is 0.228 e. The topological polar surface area (TPSA) is 35.6 Å². The molecule has 1 unspecified atom stereocenters. The van der Waals surface area contributed by atoms with Crippen LogP contribution in [-0.4, -0.2) is 61.0 Å². The summed E-state index contributed by atoms with van der Waals surface area (Å²) in [7, 11) is 0. The average molecular weight is 318 g/mol. The van der Waals surface area contributed by atoms with E-state index in [1.54, 1.807) is 0 Å². The Morgan fingerprint density at radius 1 is 1.24 bits per heavy atom. The summed E-state index contributed by atoms with van der Waals surface area (Å²) in [5.74, 6) is 0.921. The Morgan fingerprint density at radius 2 is 1.86 bits per heavy atom. The lowest BCUT2D eigenvalue weighted by atomic mass is 9.82. The third-order valence-corrected chi connectivity index (χ3v) is 4.62. The van der Waals surface area contributed by atoms with Crippen LogP contribution in [0, 0.1) is 11.3 Å². The molecule has 124 valence electrons. The number of nitrogens with zero attached hydrogens (tertiary/aromatic N) is 2. The van der Waals surface area contributed by atoms with Crippen molar-refractivity contribution in [2.75, 3.05) is 39.3 Å². The molecule has 2 aliphatic heterocycles. The maximum atomic E-state index is 12.7. The van der Waals surface area contributed by atoms with E-state index in [0.29, 0.717) is 17.9 Å². The number of carbonyl (C=O) groups excluding carboxylic acids is 1. The van der Waals surface area contributed by atoms with Gasteiger partial charge in [-0.1, -0.05) is 27.7 Å². The third kappa shape index (κ3) is 4.83. The van der Waals surface area contributed by atoms with Crippen LogP contribution in [0.2, 0.25) is 0 Å². The molecule has 0 radical (unpaired) electrons. The standard InChI is InChI=1S/C16H31N3O.ClH/c1-13(2)11-16(3,4)15(20)19-8-5-14(12-19)18-9-6-17-7-10-18;/h13-14,17H,5-12H2,1-4H3;1H. The predicted molar refractivity (Wildman–Crippen MR) is 89.9 cm³/mol. The maximum Gasteiger partial charge on any atom is 0.228 e. The summed E-state index contributed by atoms with van der Waals surface area (Å²) in [6.07, 6.45) is 2.12. The van der Waals surface area contributed by atoms with Crippen molar-refractivity contribution in [2.45, 2.75) is 46.6 Å². The first-order valence-electron chi connectivity index (χ1n) is 8.14. The van der Waals surface area contributed by atoms with Crippen LogP contribution in [0.1, 0.15) is 40.5 Å². The second kappa shape index (κ2) is 7.80. The van der Waals surface area contributed by atoms with Crippen LogP contribution in [0.3, 0.4) is 0 Å². The molecule has 0 aromatic carbocycles.